The van der Waals surface area contributed by atoms with Crippen LogP contribution >= 0.6 is 15.9 Å². The summed E-state index contributed by atoms with van der Waals surface area (Å²) < 4.78 is 39.1. The van der Waals surface area contributed by atoms with Crippen molar-refractivity contribution in [3.8, 4) is 0 Å². The van der Waals surface area contributed by atoms with Gasteiger partial charge in [-0.1, -0.05) is 0 Å². The highest BCUT2D eigenvalue weighted by Crippen LogP contribution is 2.22. The zero-order chi connectivity index (χ0) is 15.2. The highest BCUT2D eigenvalue weighted by atomic mass is 79.9. The molecule has 11 heteroatoms. The summed E-state index contributed by atoms with van der Waals surface area (Å²) in [5.41, 5.74) is -2.16. The van der Waals surface area contributed by atoms with Gasteiger partial charge >= 0.3 is 11.9 Å². The van der Waals surface area contributed by atoms with E-state index in [0.717, 1.165) is 0 Å². The number of alkyl halides is 3. The first-order chi connectivity index (χ1) is 9.12. The van der Waals surface area contributed by atoms with E-state index in [0.29, 0.717) is 4.57 Å². The number of nitrogens with one attached hydrogen (secondary N) is 1. The molecule has 2 aromatic heterocycles. The molecular formula is C9H8BrF3N4O3. The highest BCUT2D eigenvalue weighted by Gasteiger charge is 2.39. The zero-order valence-corrected chi connectivity index (χ0v) is 11.5. The van der Waals surface area contributed by atoms with Gasteiger partial charge in [-0.2, -0.15) is 13.2 Å². The number of halogens is 4. The largest absolute Gasteiger partial charge is 0.416 e. The predicted molar refractivity (Wildman–Crippen MR) is 65.4 cm³/mol. The maximum absolute atomic E-state index is 12.4. The number of aliphatic hydroxyl groups is 1. The van der Waals surface area contributed by atoms with Crippen molar-refractivity contribution < 1.29 is 18.3 Å². The fourth-order valence-corrected chi connectivity index (χ4v) is 2.01. The lowest BCUT2D eigenvalue weighted by Gasteiger charge is -2.15. The van der Waals surface area contributed by atoms with Crippen molar-refractivity contribution in [2.45, 2.75) is 18.8 Å². The first-order valence-electron chi connectivity index (χ1n) is 5.22. The van der Waals surface area contributed by atoms with Gasteiger partial charge in [0.25, 0.3) is 5.56 Å². The van der Waals surface area contributed by atoms with Crippen molar-refractivity contribution in [2.24, 2.45) is 7.05 Å². The van der Waals surface area contributed by atoms with Crippen LogP contribution in [-0.4, -0.2) is 36.5 Å². The molecule has 0 bridgehead atoms. The summed E-state index contributed by atoms with van der Waals surface area (Å²) >= 11 is 3.01. The Bertz CT molecular complexity index is 776. The Morgan fingerprint density at radius 2 is 2.05 bits per heavy atom. The topological polar surface area (TPSA) is 92.9 Å². The van der Waals surface area contributed by atoms with Gasteiger partial charge in [-0.3, -0.25) is 14.3 Å². The molecule has 20 heavy (non-hydrogen) atoms. The quantitative estimate of drug-likeness (QED) is 0.747. The normalized spacial score (nSPS) is 13.9. The third-order valence-corrected chi connectivity index (χ3v) is 3.40. The zero-order valence-electron chi connectivity index (χ0n) is 9.90. The standard InChI is InChI=1S/C9H8BrF3N4O3/c1-16-4-5(14-7(16)10)17(8(20)15-6(4)19)2-3(18)9(11,12)13/h3,18H,2H2,1H3,(H,15,19,20). The highest BCUT2D eigenvalue weighted by molar-refractivity contribution is 9.10. The van der Waals surface area contributed by atoms with Crippen molar-refractivity contribution in [3.05, 3.63) is 25.6 Å². The second-order valence-corrected chi connectivity index (χ2v) is 4.75. The van der Waals surface area contributed by atoms with Crippen LogP contribution in [0.5, 0.6) is 0 Å². The number of aromatic amines is 1. The van der Waals surface area contributed by atoms with Crippen LogP contribution in [0, 0.1) is 0 Å². The number of H-pyrrole nitrogens is 1. The molecule has 0 aliphatic heterocycles. The molecule has 2 N–H and O–H groups in total. The van der Waals surface area contributed by atoms with Crippen molar-refractivity contribution in [3.63, 3.8) is 0 Å². The first kappa shape index (κ1) is 14.8. The van der Waals surface area contributed by atoms with E-state index in [9.17, 15) is 22.8 Å². The van der Waals surface area contributed by atoms with E-state index < -0.39 is 30.1 Å². The monoisotopic (exact) mass is 356 g/mol. The molecule has 0 radical (unpaired) electrons. The van der Waals surface area contributed by atoms with Crippen LogP contribution in [-0.2, 0) is 13.6 Å². The third kappa shape index (κ3) is 2.38. The van der Waals surface area contributed by atoms with Crippen LogP contribution < -0.4 is 11.2 Å². The number of hydrogen-bond acceptors (Lipinski definition) is 4. The first-order valence-corrected chi connectivity index (χ1v) is 6.02. The summed E-state index contributed by atoms with van der Waals surface area (Å²) in [6, 6.07) is 0. The van der Waals surface area contributed by atoms with Gasteiger partial charge in [0, 0.05) is 7.05 Å². The molecular weight excluding hydrogens is 349 g/mol. The molecule has 1 unspecified atom stereocenters. The number of rotatable bonds is 2. The van der Waals surface area contributed by atoms with Gasteiger partial charge in [0.2, 0.25) is 0 Å². The minimum absolute atomic E-state index is 0.0779. The molecule has 2 heterocycles. The Morgan fingerprint density at radius 1 is 1.45 bits per heavy atom. The average molecular weight is 357 g/mol. The van der Waals surface area contributed by atoms with Crippen LogP contribution in [0.4, 0.5) is 13.2 Å². The molecule has 7 nitrogen and oxygen atoms in total. The smallest absolute Gasteiger partial charge is 0.382 e. The van der Waals surface area contributed by atoms with Gasteiger partial charge in [0.1, 0.15) is 0 Å². The minimum Gasteiger partial charge on any atom is -0.382 e. The van der Waals surface area contributed by atoms with E-state index >= 15 is 0 Å². The van der Waals surface area contributed by atoms with E-state index in [4.69, 9.17) is 5.11 Å². The van der Waals surface area contributed by atoms with Gasteiger partial charge in [-0.05, 0) is 15.9 Å². The maximum Gasteiger partial charge on any atom is 0.416 e. The number of nitrogens with zero attached hydrogens (tertiary/aromatic N) is 3. The molecule has 0 spiro atoms. The van der Waals surface area contributed by atoms with E-state index in [-0.39, 0.29) is 15.9 Å². The fraction of sp³-hybridized carbons (Fsp3) is 0.444. The second-order valence-electron chi connectivity index (χ2n) is 4.04. The van der Waals surface area contributed by atoms with Crippen LogP contribution in [0.25, 0.3) is 11.2 Å². The second kappa shape index (κ2) is 4.74. The Hall–Kier alpha value is -1.62. The van der Waals surface area contributed by atoms with Crippen LogP contribution in [0.2, 0.25) is 0 Å². The van der Waals surface area contributed by atoms with Crippen LogP contribution in [0.3, 0.4) is 0 Å². The number of aromatic nitrogens is 4. The third-order valence-electron chi connectivity index (χ3n) is 2.69. The summed E-state index contributed by atoms with van der Waals surface area (Å²) in [5, 5.41) is 9.05. The maximum atomic E-state index is 12.4. The van der Waals surface area contributed by atoms with Gasteiger partial charge in [0.15, 0.2) is 22.0 Å². The Labute approximate surface area is 116 Å². The summed E-state index contributed by atoms with van der Waals surface area (Å²) in [6.45, 7) is -1.06. The molecule has 0 aliphatic rings. The van der Waals surface area contributed by atoms with Crippen LogP contribution in [0.15, 0.2) is 14.3 Å². The molecule has 0 amide bonds. The molecule has 0 saturated heterocycles. The number of imidazole rings is 1. The van der Waals surface area contributed by atoms with Gasteiger partial charge in [-0.25, -0.2) is 9.78 Å². The summed E-state index contributed by atoms with van der Waals surface area (Å²) in [6.07, 6.45) is -7.62. The Kier molecular flexibility index (Phi) is 3.50. The van der Waals surface area contributed by atoms with Crippen molar-refractivity contribution in [1.29, 1.82) is 0 Å². The van der Waals surface area contributed by atoms with Crippen molar-refractivity contribution >= 4 is 27.1 Å². The molecule has 0 saturated carbocycles. The van der Waals surface area contributed by atoms with E-state index in [2.05, 4.69) is 20.9 Å². The molecule has 110 valence electrons. The van der Waals surface area contributed by atoms with E-state index in [1.807, 2.05) is 4.98 Å². The molecule has 0 fully saturated rings. The van der Waals surface area contributed by atoms with Crippen molar-refractivity contribution in [1.82, 2.24) is 19.1 Å². The Morgan fingerprint density at radius 3 is 2.60 bits per heavy atom. The molecule has 1 atom stereocenters. The lowest BCUT2D eigenvalue weighted by atomic mass is 10.3. The summed E-state index contributed by atoms with van der Waals surface area (Å²) in [7, 11) is 1.45. The van der Waals surface area contributed by atoms with E-state index in [1.54, 1.807) is 0 Å². The fourth-order valence-electron chi connectivity index (χ4n) is 1.67. The summed E-state index contributed by atoms with van der Waals surface area (Å²) in [5.74, 6) is 0. The molecule has 2 rings (SSSR count). The predicted octanol–water partition coefficient (Wildman–Crippen LogP) is 0.109. The Balaban J connectivity index is 2.68. The molecule has 2 aromatic rings. The minimum atomic E-state index is -4.88. The number of aryl methyl sites for hydroxylation is 1. The number of aliphatic hydroxyl groups excluding tert-OH is 1. The average Bonchev–Trinajstić information content (AvgIpc) is 2.60. The summed E-state index contributed by atoms with van der Waals surface area (Å²) in [4.78, 5) is 28.9. The lowest BCUT2D eigenvalue weighted by molar-refractivity contribution is -0.207. The van der Waals surface area contributed by atoms with Gasteiger partial charge < -0.3 is 9.67 Å². The van der Waals surface area contributed by atoms with Crippen molar-refractivity contribution in [2.75, 3.05) is 0 Å². The molecule has 0 aliphatic carbocycles. The van der Waals surface area contributed by atoms with Crippen LogP contribution in [0.1, 0.15) is 0 Å². The number of hydrogen-bond donors (Lipinski definition) is 2. The van der Waals surface area contributed by atoms with E-state index in [1.165, 1.54) is 11.6 Å². The number of fused-ring (bicyclic) bond motifs is 1. The van der Waals surface area contributed by atoms with Gasteiger partial charge in [-0.15, -0.1) is 0 Å². The lowest BCUT2D eigenvalue weighted by Crippen LogP contribution is -2.39. The molecule has 0 aromatic carbocycles. The SMILES string of the molecule is Cn1c(Br)nc2c1c(=O)[nH]c(=O)n2CC(O)C(F)(F)F. The van der Waals surface area contributed by atoms with Gasteiger partial charge in [0.05, 0.1) is 6.54 Å².